The van der Waals surface area contributed by atoms with E-state index in [2.05, 4.69) is 93.1 Å². The molecule has 30 heavy (non-hydrogen) atoms. The van der Waals surface area contributed by atoms with Crippen LogP contribution in [0.5, 0.6) is 0 Å². The first-order chi connectivity index (χ1) is 14.3. The average molecular weight is 472 g/mol. The first kappa shape index (κ1) is 26.0. The molecule has 2 saturated carbocycles. The van der Waals surface area contributed by atoms with E-state index in [1.54, 1.807) is 0 Å². The third-order valence-corrected chi connectivity index (χ3v) is 8.66. The summed E-state index contributed by atoms with van der Waals surface area (Å²) in [5.74, 6) is 1.52. The summed E-state index contributed by atoms with van der Waals surface area (Å²) in [6.07, 6.45) is 21.5. The van der Waals surface area contributed by atoms with Crippen molar-refractivity contribution in [2.24, 2.45) is 0 Å². The molecule has 0 spiro atoms. The van der Waals surface area contributed by atoms with Crippen molar-refractivity contribution in [1.82, 2.24) is 0 Å². The second-order valence-electron chi connectivity index (χ2n) is 6.88. The molecule has 10 radical (unpaired) electrons. The molecule has 1 atom stereocenters. The number of hydrogen-bond donors (Lipinski definition) is 0. The van der Waals surface area contributed by atoms with E-state index in [9.17, 15) is 0 Å². The molecular formula is C27H29FePS+2. The van der Waals surface area contributed by atoms with E-state index in [0.717, 1.165) is 0 Å². The molecule has 2 aliphatic rings. The van der Waals surface area contributed by atoms with Gasteiger partial charge in [-0.25, -0.2) is 0 Å². The Morgan fingerprint density at radius 1 is 0.733 bits per heavy atom. The first-order valence-electron chi connectivity index (χ1n) is 10.2. The van der Waals surface area contributed by atoms with E-state index in [-0.39, 0.29) is 17.1 Å². The maximum absolute atomic E-state index is 2.34. The smallest absolute Gasteiger partial charge is 0.162 e. The molecule has 4 rings (SSSR count). The van der Waals surface area contributed by atoms with Gasteiger partial charge in [0.05, 0.1) is 0 Å². The number of benzene rings is 2. The van der Waals surface area contributed by atoms with Crippen molar-refractivity contribution in [2.75, 3.05) is 6.26 Å². The fourth-order valence-electron chi connectivity index (χ4n) is 3.38. The fraction of sp³-hybridized carbons (Fsp3) is 0.185. The molecule has 0 aromatic heterocycles. The van der Waals surface area contributed by atoms with Gasteiger partial charge in [0.25, 0.3) is 0 Å². The quantitative estimate of drug-likeness (QED) is 0.332. The van der Waals surface area contributed by atoms with Gasteiger partial charge in [-0.05, 0) is 94.9 Å². The third-order valence-electron chi connectivity index (χ3n) is 4.94. The Morgan fingerprint density at radius 2 is 1.23 bits per heavy atom. The van der Waals surface area contributed by atoms with Gasteiger partial charge in [-0.3, -0.25) is 0 Å². The minimum Gasteiger partial charge on any atom is -0.162 e. The van der Waals surface area contributed by atoms with Crippen LogP contribution < -0.4 is 10.6 Å². The van der Waals surface area contributed by atoms with Crippen LogP contribution in [-0.2, 0) is 17.1 Å². The fourth-order valence-corrected chi connectivity index (χ4v) is 6.54. The first-order valence-corrected chi connectivity index (χ1v) is 12.8. The molecule has 0 bridgehead atoms. The molecule has 0 N–H and O–H groups in total. The molecule has 0 nitrogen and oxygen atoms in total. The second kappa shape index (κ2) is 14.7. The Hall–Kier alpha value is -0.261. The van der Waals surface area contributed by atoms with Crippen LogP contribution in [0.2, 0.25) is 0 Å². The van der Waals surface area contributed by atoms with Crippen molar-refractivity contribution in [2.45, 2.75) is 25.0 Å². The summed E-state index contributed by atoms with van der Waals surface area (Å²) in [5.41, 5.74) is 1.52. The van der Waals surface area contributed by atoms with Gasteiger partial charge in [-0.1, -0.05) is 67.6 Å². The third kappa shape index (κ3) is 7.70. The molecule has 0 heterocycles. The summed E-state index contributed by atoms with van der Waals surface area (Å²) in [5, 5.41) is 3.57. The zero-order chi connectivity index (χ0) is 20.3. The molecule has 0 saturated heterocycles. The second-order valence-corrected chi connectivity index (χ2v) is 10.2. The van der Waals surface area contributed by atoms with Gasteiger partial charge >= 0.3 is 17.1 Å². The van der Waals surface area contributed by atoms with Crippen molar-refractivity contribution in [1.29, 1.82) is 0 Å². The largest absolute Gasteiger partial charge is 2.00 e. The van der Waals surface area contributed by atoms with E-state index in [0.29, 0.717) is 5.25 Å². The topological polar surface area (TPSA) is 0 Å². The predicted molar refractivity (Wildman–Crippen MR) is 132 cm³/mol. The maximum Gasteiger partial charge on any atom is 2.00 e. The van der Waals surface area contributed by atoms with Gasteiger partial charge < -0.3 is 0 Å². The van der Waals surface area contributed by atoms with Gasteiger partial charge in [0.1, 0.15) is 0 Å². The van der Waals surface area contributed by atoms with Gasteiger partial charge in [0.15, 0.2) is 0 Å². The van der Waals surface area contributed by atoms with E-state index < -0.39 is 7.92 Å². The minimum absolute atomic E-state index is 0. The van der Waals surface area contributed by atoms with Crippen LogP contribution in [-0.4, -0.2) is 11.5 Å². The molecule has 0 amide bonds. The van der Waals surface area contributed by atoms with E-state index in [4.69, 9.17) is 0 Å². The summed E-state index contributed by atoms with van der Waals surface area (Å²) < 4.78 is 0. The van der Waals surface area contributed by atoms with Crippen LogP contribution in [0.1, 0.15) is 19.8 Å². The maximum atomic E-state index is 2.34. The van der Waals surface area contributed by atoms with E-state index in [1.807, 2.05) is 43.9 Å². The van der Waals surface area contributed by atoms with Crippen molar-refractivity contribution in [3.8, 4) is 0 Å². The van der Waals surface area contributed by atoms with Crippen molar-refractivity contribution >= 4 is 30.3 Å². The molecule has 3 heteroatoms. The molecule has 2 aromatic rings. The Balaban J connectivity index is 0.000000468. The van der Waals surface area contributed by atoms with Gasteiger partial charge in [-0.2, -0.15) is 11.8 Å². The SMILES string of the molecule is CC[C@H](C[C]1[CH][CH][CH][C]1P(c1ccccc1)c1ccccc1)SC.[CH]1[CH][CH][CH][CH]1.[Fe+2]. The summed E-state index contributed by atoms with van der Waals surface area (Å²) in [4.78, 5) is 0. The Bertz CT molecular complexity index is 623. The molecule has 0 unspecified atom stereocenters. The Kier molecular flexibility index (Phi) is 12.8. The normalized spacial score (nSPS) is 18.0. The van der Waals surface area contributed by atoms with Crippen LogP contribution in [0.3, 0.4) is 0 Å². The monoisotopic (exact) mass is 472 g/mol. The van der Waals surface area contributed by atoms with Crippen molar-refractivity contribution in [3.05, 3.63) is 124 Å². The molecule has 0 aliphatic heterocycles. The van der Waals surface area contributed by atoms with Crippen LogP contribution in [0, 0.1) is 62.9 Å². The number of hydrogen-bond acceptors (Lipinski definition) is 1. The summed E-state index contributed by atoms with van der Waals surface area (Å²) in [7, 11) is -0.480. The standard InChI is InChI=1S/C22H24PS.C5H5.Fe/c1-3-21(24-2)17-18-11-10-16-22(18)23(19-12-6-4-7-13-19)20-14-8-5-9-15-20;1-2-4-5-3-1;/h4-16,21H,3,17H2,1-2H3;1-5H;/q;;+2/t21-;;/m1../s1. The minimum atomic E-state index is -0.480. The summed E-state index contributed by atoms with van der Waals surface area (Å²) in [6.45, 7) is 2.29. The van der Waals surface area contributed by atoms with E-state index in [1.165, 1.54) is 35.0 Å². The summed E-state index contributed by atoms with van der Waals surface area (Å²) >= 11 is 1.99. The van der Waals surface area contributed by atoms with Gasteiger partial charge in [0.2, 0.25) is 0 Å². The average Bonchev–Trinajstić information content (AvgIpc) is 3.50. The van der Waals surface area contributed by atoms with E-state index >= 15 is 0 Å². The number of rotatable bonds is 7. The van der Waals surface area contributed by atoms with Crippen LogP contribution in [0.25, 0.3) is 0 Å². The predicted octanol–water partition coefficient (Wildman–Crippen LogP) is 6.40. The molecular weight excluding hydrogens is 443 g/mol. The van der Waals surface area contributed by atoms with Crippen LogP contribution in [0.4, 0.5) is 0 Å². The van der Waals surface area contributed by atoms with Crippen molar-refractivity contribution < 1.29 is 17.1 Å². The van der Waals surface area contributed by atoms with Crippen LogP contribution >= 0.6 is 19.7 Å². The Labute approximate surface area is 201 Å². The summed E-state index contributed by atoms with van der Waals surface area (Å²) in [6, 6.07) is 22.0. The van der Waals surface area contributed by atoms with Crippen molar-refractivity contribution in [3.63, 3.8) is 0 Å². The zero-order valence-electron chi connectivity index (χ0n) is 17.6. The molecule has 2 aliphatic carbocycles. The van der Waals surface area contributed by atoms with Gasteiger partial charge in [-0.15, -0.1) is 0 Å². The molecule has 2 aromatic carbocycles. The van der Waals surface area contributed by atoms with Gasteiger partial charge in [0, 0.05) is 10.9 Å². The molecule has 154 valence electrons. The number of thioether (sulfide) groups is 1. The molecule has 2 fully saturated rings. The zero-order valence-corrected chi connectivity index (χ0v) is 20.4. The Morgan fingerprint density at radius 3 is 1.67 bits per heavy atom. The van der Waals surface area contributed by atoms with Crippen LogP contribution in [0.15, 0.2) is 60.7 Å².